The molecule has 0 bridgehead atoms. The number of aryl methyl sites for hydroxylation is 2. The standard InChI is InChI=1S/C17H20O3SSe/c1-14-7-9-17(10-8-14)21(18,19)20-22(2)12-11-15-5-3-4-6-16(15)13-22/h3-10H,11-13H2,1-2H3. The summed E-state index contributed by atoms with van der Waals surface area (Å²) in [6.07, 6.45) is 0.913. The summed E-state index contributed by atoms with van der Waals surface area (Å²) < 4.78 is 30.9. The zero-order chi connectivity index (χ0) is 15.8. The predicted molar refractivity (Wildman–Crippen MR) is 89.7 cm³/mol. The van der Waals surface area contributed by atoms with E-state index in [1.54, 1.807) is 24.3 Å². The molecule has 0 fully saturated rings. The molecule has 1 atom stereocenters. The van der Waals surface area contributed by atoms with Crippen molar-refractivity contribution in [1.29, 1.82) is 0 Å². The molecule has 0 radical (unpaired) electrons. The molecular formula is C17H20O3SSe. The fourth-order valence-electron chi connectivity index (χ4n) is 2.69. The molecule has 1 heterocycles. The van der Waals surface area contributed by atoms with Gasteiger partial charge in [0.25, 0.3) is 0 Å². The summed E-state index contributed by atoms with van der Waals surface area (Å²) in [5, 5.41) is 1.64. The molecule has 2 aromatic carbocycles. The Morgan fingerprint density at radius 1 is 1.00 bits per heavy atom. The van der Waals surface area contributed by atoms with Crippen LogP contribution in [0.4, 0.5) is 0 Å². The fourth-order valence-corrected chi connectivity index (χ4v) is 11.4. The van der Waals surface area contributed by atoms with Gasteiger partial charge in [-0.1, -0.05) is 0 Å². The van der Waals surface area contributed by atoms with E-state index in [1.165, 1.54) is 11.1 Å². The SMILES string of the molecule is Cc1ccc(S(=O)(=O)O[Se]2(C)CCc3ccccc3C2)cc1. The van der Waals surface area contributed by atoms with Gasteiger partial charge in [-0.05, 0) is 0 Å². The van der Waals surface area contributed by atoms with Crippen molar-refractivity contribution in [2.75, 3.05) is 0 Å². The Kier molecular flexibility index (Phi) is 4.17. The van der Waals surface area contributed by atoms with E-state index < -0.39 is 23.3 Å². The summed E-state index contributed by atoms with van der Waals surface area (Å²) in [5.74, 6) is 2.04. The summed E-state index contributed by atoms with van der Waals surface area (Å²) in [6.45, 7) is 1.94. The molecule has 3 nitrogen and oxygen atoms in total. The monoisotopic (exact) mass is 384 g/mol. The van der Waals surface area contributed by atoms with E-state index in [4.69, 9.17) is 3.27 Å². The van der Waals surface area contributed by atoms with Gasteiger partial charge in [0.05, 0.1) is 0 Å². The van der Waals surface area contributed by atoms with Crippen LogP contribution >= 0.6 is 0 Å². The molecular weight excluding hydrogens is 363 g/mol. The first-order chi connectivity index (χ1) is 10.4. The minimum absolute atomic E-state index is 0.260. The molecule has 1 aliphatic heterocycles. The average Bonchev–Trinajstić information content (AvgIpc) is 2.46. The Balaban J connectivity index is 1.85. The first kappa shape index (κ1) is 15.8. The van der Waals surface area contributed by atoms with Crippen LogP contribution in [-0.4, -0.2) is 21.6 Å². The number of benzene rings is 2. The third-order valence-electron chi connectivity index (χ3n) is 3.95. The number of hydrogen-bond donors (Lipinski definition) is 0. The second kappa shape index (κ2) is 5.82. The molecule has 0 saturated heterocycles. The Morgan fingerprint density at radius 3 is 2.32 bits per heavy atom. The second-order valence-electron chi connectivity index (χ2n) is 5.89. The third-order valence-corrected chi connectivity index (χ3v) is 12.7. The van der Waals surface area contributed by atoms with E-state index in [2.05, 4.69) is 12.1 Å². The number of fused-ring (bicyclic) bond motifs is 1. The van der Waals surface area contributed by atoms with Crippen LogP contribution in [0.15, 0.2) is 53.4 Å². The van der Waals surface area contributed by atoms with Gasteiger partial charge in [-0.3, -0.25) is 0 Å². The molecule has 5 heteroatoms. The zero-order valence-corrected chi connectivity index (χ0v) is 15.3. The van der Waals surface area contributed by atoms with Crippen LogP contribution in [0.2, 0.25) is 11.1 Å². The summed E-state index contributed by atoms with van der Waals surface area (Å²) in [5.41, 5.74) is 3.61. The maximum atomic E-state index is 12.5. The first-order valence-corrected chi connectivity index (χ1v) is 13.5. The van der Waals surface area contributed by atoms with Crippen molar-refractivity contribution in [3.8, 4) is 0 Å². The van der Waals surface area contributed by atoms with Crippen LogP contribution in [0, 0.1) is 6.92 Å². The normalized spacial score (nSPS) is 24.3. The van der Waals surface area contributed by atoms with Crippen molar-refractivity contribution < 1.29 is 11.7 Å². The molecule has 22 heavy (non-hydrogen) atoms. The molecule has 0 aromatic heterocycles. The molecule has 0 spiro atoms. The summed E-state index contributed by atoms with van der Waals surface area (Å²) in [4.78, 5) is 0.260. The molecule has 0 aliphatic carbocycles. The van der Waals surface area contributed by atoms with Gasteiger partial charge < -0.3 is 0 Å². The first-order valence-electron chi connectivity index (χ1n) is 7.21. The molecule has 3 rings (SSSR count). The molecule has 2 aromatic rings. The van der Waals surface area contributed by atoms with Gasteiger partial charge in [-0.25, -0.2) is 0 Å². The Bertz CT molecular complexity index is 784. The molecule has 1 aliphatic rings. The summed E-state index contributed by atoms with van der Waals surface area (Å²) >= 11 is -2.51. The fraction of sp³-hybridized carbons (Fsp3) is 0.294. The third kappa shape index (κ3) is 3.28. The molecule has 0 amide bonds. The Labute approximate surface area is 135 Å². The summed E-state index contributed by atoms with van der Waals surface area (Å²) in [6, 6.07) is 15.1. The van der Waals surface area contributed by atoms with E-state index >= 15 is 0 Å². The van der Waals surface area contributed by atoms with Gasteiger partial charge in [-0.15, -0.1) is 0 Å². The maximum absolute atomic E-state index is 12.5. The van der Waals surface area contributed by atoms with Crippen LogP contribution < -0.4 is 0 Å². The zero-order valence-electron chi connectivity index (χ0n) is 12.8. The molecule has 118 valence electrons. The van der Waals surface area contributed by atoms with E-state index in [0.29, 0.717) is 0 Å². The van der Waals surface area contributed by atoms with Gasteiger partial charge in [0.1, 0.15) is 0 Å². The van der Waals surface area contributed by atoms with Crippen LogP contribution in [0.1, 0.15) is 16.7 Å². The van der Waals surface area contributed by atoms with Crippen molar-refractivity contribution in [2.45, 2.75) is 34.7 Å². The van der Waals surface area contributed by atoms with Crippen LogP contribution in [-0.2, 0) is 25.1 Å². The second-order valence-corrected chi connectivity index (χ2v) is 14.7. The predicted octanol–water partition coefficient (Wildman–Crippen LogP) is 3.61. The minimum atomic E-state index is -3.67. The molecule has 0 N–H and O–H groups in total. The van der Waals surface area contributed by atoms with E-state index in [1.807, 2.05) is 24.9 Å². The van der Waals surface area contributed by atoms with Gasteiger partial charge in [0.15, 0.2) is 0 Å². The number of hydrogen-bond acceptors (Lipinski definition) is 3. The van der Waals surface area contributed by atoms with Gasteiger partial charge in [-0.2, -0.15) is 0 Å². The Morgan fingerprint density at radius 2 is 1.64 bits per heavy atom. The Hall–Kier alpha value is -1.13. The van der Waals surface area contributed by atoms with Gasteiger partial charge in [0, 0.05) is 0 Å². The summed E-state index contributed by atoms with van der Waals surface area (Å²) in [7, 11) is -3.67. The molecule has 1 unspecified atom stereocenters. The van der Waals surface area contributed by atoms with Crippen molar-refractivity contribution in [3.63, 3.8) is 0 Å². The van der Waals surface area contributed by atoms with E-state index in [-0.39, 0.29) is 4.90 Å². The van der Waals surface area contributed by atoms with Gasteiger partial charge in [0.2, 0.25) is 0 Å². The van der Waals surface area contributed by atoms with Crippen LogP contribution in [0.5, 0.6) is 0 Å². The van der Waals surface area contributed by atoms with Crippen molar-refractivity contribution in [3.05, 3.63) is 65.2 Å². The van der Waals surface area contributed by atoms with E-state index in [9.17, 15) is 8.42 Å². The van der Waals surface area contributed by atoms with Crippen molar-refractivity contribution in [1.82, 2.24) is 0 Å². The molecule has 0 saturated carbocycles. The number of rotatable bonds is 3. The average molecular weight is 383 g/mol. The van der Waals surface area contributed by atoms with Crippen LogP contribution in [0.25, 0.3) is 0 Å². The van der Waals surface area contributed by atoms with Crippen molar-refractivity contribution in [2.24, 2.45) is 0 Å². The van der Waals surface area contributed by atoms with Crippen LogP contribution in [0.3, 0.4) is 0 Å². The topological polar surface area (TPSA) is 43.4 Å². The van der Waals surface area contributed by atoms with Gasteiger partial charge >= 0.3 is 135 Å². The van der Waals surface area contributed by atoms with Crippen molar-refractivity contribution >= 4 is 23.3 Å². The quantitative estimate of drug-likeness (QED) is 0.761. The van der Waals surface area contributed by atoms with E-state index in [0.717, 1.165) is 22.6 Å².